The predicted octanol–water partition coefficient (Wildman–Crippen LogP) is 4.78. The van der Waals surface area contributed by atoms with Gasteiger partial charge in [0.15, 0.2) is 0 Å². The first-order valence-electron chi connectivity index (χ1n) is 11.9. The van der Waals surface area contributed by atoms with E-state index >= 15 is 0 Å². The van der Waals surface area contributed by atoms with Crippen LogP contribution in [0.5, 0.6) is 0 Å². The van der Waals surface area contributed by atoms with Crippen LogP contribution in [0.4, 0.5) is 4.39 Å². The van der Waals surface area contributed by atoms with E-state index in [1.165, 1.54) is 23.3 Å². The molecule has 35 heavy (non-hydrogen) atoms. The number of aryl methyl sites for hydroxylation is 1. The Morgan fingerprint density at radius 1 is 1.09 bits per heavy atom. The van der Waals surface area contributed by atoms with E-state index in [0.717, 1.165) is 38.2 Å². The van der Waals surface area contributed by atoms with Crippen molar-refractivity contribution in [3.05, 3.63) is 102 Å². The first kappa shape index (κ1) is 22.9. The topological polar surface area (TPSA) is 63.1 Å². The summed E-state index contributed by atoms with van der Waals surface area (Å²) in [7, 11) is 0. The van der Waals surface area contributed by atoms with E-state index in [1.54, 1.807) is 36.7 Å². The first-order valence-corrected chi connectivity index (χ1v) is 11.9. The number of carbonyl (C=O) groups is 1. The normalized spacial score (nSPS) is 14.7. The average Bonchev–Trinajstić information content (AvgIpc) is 3.40. The largest absolute Gasteiger partial charge is 0.349 e. The first-order chi connectivity index (χ1) is 17.0. The molecule has 6 nitrogen and oxygen atoms in total. The summed E-state index contributed by atoms with van der Waals surface area (Å²) in [6.07, 6.45) is 7.10. The molecule has 0 atom stereocenters. The minimum absolute atomic E-state index is 0.124. The SMILES string of the molecule is Cc1ccc(-n2cccn2)c(CN2CCC(NC(=O)c3ccc(-c4cccc(F)c4)nc3)CC2)c1. The summed E-state index contributed by atoms with van der Waals surface area (Å²) >= 11 is 0. The third-order valence-corrected chi connectivity index (χ3v) is 6.45. The quantitative estimate of drug-likeness (QED) is 0.442. The molecule has 3 heterocycles. The van der Waals surface area contributed by atoms with Gasteiger partial charge >= 0.3 is 0 Å². The van der Waals surface area contributed by atoms with Crippen molar-refractivity contribution in [3.8, 4) is 16.9 Å². The molecule has 1 saturated heterocycles. The highest BCUT2D eigenvalue weighted by molar-refractivity contribution is 5.94. The van der Waals surface area contributed by atoms with Crippen molar-refractivity contribution in [1.82, 2.24) is 25.0 Å². The summed E-state index contributed by atoms with van der Waals surface area (Å²) in [5.41, 5.74) is 5.42. The molecule has 7 heteroatoms. The summed E-state index contributed by atoms with van der Waals surface area (Å²) in [4.78, 5) is 19.6. The van der Waals surface area contributed by atoms with Gasteiger partial charge in [-0.2, -0.15) is 5.10 Å². The van der Waals surface area contributed by atoms with Gasteiger partial charge in [-0.05, 0) is 61.7 Å². The van der Waals surface area contributed by atoms with Gasteiger partial charge < -0.3 is 5.32 Å². The fourth-order valence-electron chi connectivity index (χ4n) is 4.57. The van der Waals surface area contributed by atoms with Crippen LogP contribution < -0.4 is 5.32 Å². The lowest BCUT2D eigenvalue weighted by Crippen LogP contribution is -2.44. The van der Waals surface area contributed by atoms with Crippen molar-refractivity contribution < 1.29 is 9.18 Å². The second kappa shape index (κ2) is 10.2. The number of amides is 1. The van der Waals surface area contributed by atoms with Gasteiger partial charge in [-0.3, -0.25) is 14.7 Å². The maximum absolute atomic E-state index is 13.5. The molecule has 1 aliphatic rings. The standard InChI is InChI=1S/C28H28FN5O/c1-20-6-9-27(34-13-3-12-31-34)23(16-20)19-33-14-10-25(11-15-33)32-28(35)22-7-8-26(30-18-22)21-4-2-5-24(29)17-21/h2-9,12-13,16-18,25H,10-11,14-15,19H2,1H3,(H,32,35). The second-order valence-corrected chi connectivity index (χ2v) is 9.05. The lowest BCUT2D eigenvalue weighted by Gasteiger charge is -2.32. The minimum atomic E-state index is -0.308. The number of pyridine rings is 1. The highest BCUT2D eigenvalue weighted by Gasteiger charge is 2.22. The van der Waals surface area contributed by atoms with Crippen LogP contribution >= 0.6 is 0 Å². The van der Waals surface area contributed by atoms with E-state index in [0.29, 0.717) is 16.8 Å². The molecule has 2 aromatic carbocycles. The summed E-state index contributed by atoms with van der Waals surface area (Å²) in [6.45, 7) is 4.78. The lowest BCUT2D eigenvalue weighted by atomic mass is 10.0. The number of aromatic nitrogens is 3. The smallest absolute Gasteiger partial charge is 0.253 e. The van der Waals surface area contributed by atoms with Gasteiger partial charge in [-0.25, -0.2) is 9.07 Å². The Labute approximate surface area is 204 Å². The zero-order valence-corrected chi connectivity index (χ0v) is 19.7. The third-order valence-electron chi connectivity index (χ3n) is 6.45. The van der Waals surface area contributed by atoms with Crippen LogP contribution in [0.15, 0.2) is 79.3 Å². The van der Waals surface area contributed by atoms with Crippen LogP contribution in [0, 0.1) is 12.7 Å². The lowest BCUT2D eigenvalue weighted by molar-refractivity contribution is 0.0908. The predicted molar refractivity (Wildman–Crippen MR) is 134 cm³/mol. The van der Waals surface area contributed by atoms with Crippen LogP contribution in [-0.4, -0.2) is 44.7 Å². The third kappa shape index (κ3) is 5.46. The summed E-state index contributed by atoms with van der Waals surface area (Å²) < 4.78 is 15.4. The van der Waals surface area contributed by atoms with Gasteiger partial charge in [0.05, 0.1) is 16.9 Å². The Hall–Kier alpha value is -3.84. The number of halogens is 1. The van der Waals surface area contributed by atoms with Gasteiger partial charge in [0.1, 0.15) is 5.82 Å². The molecule has 5 rings (SSSR count). The summed E-state index contributed by atoms with van der Waals surface area (Å²) in [5, 5.41) is 7.55. The molecule has 2 aromatic heterocycles. The summed E-state index contributed by atoms with van der Waals surface area (Å²) in [6, 6.07) is 18.3. The van der Waals surface area contributed by atoms with E-state index in [-0.39, 0.29) is 17.8 Å². The number of rotatable bonds is 6. The van der Waals surface area contributed by atoms with Crippen molar-refractivity contribution in [2.24, 2.45) is 0 Å². The number of hydrogen-bond donors (Lipinski definition) is 1. The number of hydrogen-bond acceptors (Lipinski definition) is 4. The average molecular weight is 470 g/mol. The van der Waals surface area contributed by atoms with Gasteiger partial charge in [-0.15, -0.1) is 0 Å². The summed E-state index contributed by atoms with van der Waals surface area (Å²) in [5.74, 6) is -0.432. The number of nitrogens with zero attached hydrogens (tertiary/aromatic N) is 4. The molecule has 0 radical (unpaired) electrons. The van der Waals surface area contributed by atoms with Crippen LogP contribution in [0.25, 0.3) is 16.9 Å². The Morgan fingerprint density at radius 3 is 2.66 bits per heavy atom. The number of likely N-dealkylation sites (tertiary alicyclic amines) is 1. The van der Waals surface area contributed by atoms with Gasteiger partial charge in [-0.1, -0.05) is 29.8 Å². The number of carbonyl (C=O) groups excluding carboxylic acids is 1. The van der Waals surface area contributed by atoms with E-state index < -0.39 is 0 Å². The molecule has 0 spiro atoms. The molecule has 0 aliphatic carbocycles. The zero-order valence-electron chi connectivity index (χ0n) is 19.7. The fraction of sp³-hybridized carbons (Fsp3) is 0.250. The van der Waals surface area contributed by atoms with E-state index in [9.17, 15) is 9.18 Å². The van der Waals surface area contributed by atoms with Crippen LogP contribution in [0.2, 0.25) is 0 Å². The molecule has 1 amide bonds. The van der Waals surface area contributed by atoms with E-state index in [2.05, 4.69) is 45.4 Å². The Bertz CT molecular complexity index is 1300. The van der Waals surface area contributed by atoms with Crippen molar-refractivity contribution in [2.75, 3.05) is 13.1 Å². The molecule has 0 unspecified atom stereocenters. The highest BCUT2D eigenvalue weighted by atomic mass is 19.1. The zero-order chi connectivity index (χ0) is 24.2. The number of piperidine rings is 1. The molecular weight excluding hydrogens is 441 g/mol. The van der Waals surface area contributed by atoms with Crippen LogP contribution in [0.3, 0.4) is 0 Å². The molecule has 1 N–H and O–H groups in total. The highest BCUT2D eigenvalue weighted by Crippen LogP contribution is 2.21. The minimum Gasteiger partial charge on any atom is -0.349 e. The Balaban J connectivity index is 1.17. The van der Waals surface area contributed by atoms with Crippen molar-refractivity contribution in [1.29, 1.82) is 0 Å². The number of nitrogens with one attached hydrogen (secondary N) is 1. The van der Waals surface area contributed by atoms with Crippen molar-refractivity contribution in [3.63, 3.8) is 0 Å². The maximum atomic E-state index is 13.5. The Morgan fingerprint density at radius 2 is 1.94 bits per heavy atom. The van der Waals surface area contributed by atoms with E-state index in [1.807, 2.05) is 16.9 Å². The molecule has 0 saturated carbocycles. The number of benzene rings is 2. The second-order valence-electron chi connectivity index (χ2n) is 9.05. The Kier molecular flexibility index (Phi) is 6.68. The molecule has 0 bridgehead atoms. The van der Waals surface area contributed by atoms with Crippen molar-refractivity contribution >= 4 is 5.91 Å². The molecule has 4 aromatic rings. The van der Waals surface area contributed by atoms with E-state index in [4.69, 9.17) is 0 Å². The molecular formula is C28H28FN5O. The molecule has 1 fully saturated rings. The molecule has 1 aliphatic heterocycles. The van der Waals surface area contributed by atoms with Gasteiger partial charge in [0, 0.05) is 49.8 Å². The maximum Gasteiger partial charge on any atom is 0.253 e. The van der Waals surface area contributed by atoms with Crippen molar-refractivity contribution in [2.45, 2.75) is 32.4 Å². The van der Waals surface area contributed by atoms with Crippen LogP contribution in [0.1, 0.15) is 34.3 Å². The fourth-order valence-corrected chi connectivity index (χ4v) is 4.57. The molecule has 178 valence electrons. The van der Waals surface area contributed by atoms with Gasteiger partial charge in [0.2, 0.25) is 0 Å². The van der Waals surface area contributed by atoms with Gasteiger partial charge in [0.25, 0.3) is 5.91 Å². The monoisotopic (exact) mass is 469 g/mol. The van der Waals surface area contributed by atoms with Crippen LogP contribution in [-0.2, 0) is 6.54 Å².